The quantitative estimate of drug-likeness (QED) is 0.336. The molecule has 1 saturated heterocycles. The molecule has 3 N–H and O–H groups in total. The molecule has 1 atom stereocenters. The van der Waals surface area contributed by atoms with Crippen molar-refractivity contribution >= 4 is 39.9 Å². The fraction of sp³-hybridized carbons (Fsp3) is 0.292. The van der Waals surface area contributed by atoms with E-state index in [0.29, 0.717) is 45.7 Å². The van der Waals surface area contributed by atoms with E-state index in [4.69, 9.17) is 33.7 Å². The first-order valence-corrected chi connectivity index (χ1v) is 11.7. The first-order valence-electron chi connectivity index (χ1n) is 11.0. The third kappa shape index (κ3) is 4.51. The molecule has 0 bridgehead atoms. The molecule has 3 aromatic heterocycles. The lowest BCUT2D eigenvalue weighted by Crippen LogP contribution is -2.68. The van der Waals surface area contributed by atoms with Crippen molar-refractivity contribution in [3.05, 3.63) is 64.3 Å². The Morgan fingerprint density at radius 2 is 1.94 bits per heavy atom. The molecule has 1 aliphatic rings. The first kappa shape index (κ1) is 23.7. The Labute approximate surface area is 210 Å². The van der Waals surface area contributed by atoms with E-state index in [0.717, 1.165) is 10.9 Å². The zero-order valence-electron chi connectivity index (χ0n) is 18.7. The van der Waals surface area contributed by atoms with E-state index >= 15 is 0 Å². The smallest absolute Gasteiger partial charge is 0.166 e. The van der Waals surface area contributed by atoms with E-state index in [1.165, 1.54) is 18.5 Å². The molecular weight excluding hydrogens is 497 g/mol. The third-order valence-corrected chi connectivity index (χ3v) is 6.75. The van der Waals surface area contributed by atoms with E-state index in [1.807, 2.05) is 19.1 Å². The zero-order valence-corrected chi connectivity index (χ0v) is 20.2. The monoisotopic (exact) mass is 518 g/mol. The minimum absolute atomic E-state index is 0.192. The van der Waals surface area contributed by atoms with Crippen LogP contribution in [0.1, 0.15) is 25.0 Å². The molecule has 1 fully saturated rings. The Hall–Kier alpha value is -3.01. The lowest BCUT2D eigenvalue weighted by atomic mass is 9.88. The standard InChI is InChI=1S/C24H22Cl2F2N6O/c1-13(21-17(25)9-30-10-18(21)26)35-15-2-3-20-16(7-15)22(33-32-20)14-6-19(28)23(31-8-14)34-11-24(29,12-34)4-5-27/h2-3,6-10,13H,4-5,11-12,29H2,1H3,(H,32,33)/t13-/m1/s1. The fourth-order valence-corrected chi connectivity index (χ4v) is 5.03. The Balaban J connectivity index is 1.40. The maximum Gasteiger partial charge on any atom is 0.166 e. The fourth-order valence-electron chi connectivity index (χ4n) is 4.36. The van der Waals surface area contributed by atoms with Gasteiger partial charge in [0.1, 0.15) is 17.5 Å². The average Bonchev–Trinajstić information content (AvgIpc) is 3.21. The molecule has 1 aromatic carbocycles. The molecule has 0 unspecified atom stereocenters. The number of benzene rings is 1. The summed E-state index contributed by atoms with van der Waals surface area (Å²) in [7, 11) is 0. The summed E-state index contributed by atoms with van der Waals surface area (Å²) >= 11 is 12.5. The van der Waals surface area contributed by atoms with Gasteiger partial charge in [-0.3, -0.25) is 14.5 Å². The van der Waals surface area contributed by atoms with Crippen molar-refractivity contribution in [1.82, 2.24) is 20.2 Å². The molecule has 11 heteroatoms. The van der Waals surface area contributed by atoms with Gasteiger partial charge in [-0.05, 0) is 37.6 Å². The molecule has 1 aliphatic heterocycles. The number of anilines is 1. The van der Waals surface area contributed by atoms with Gasteiger partial charge in [0.05, 0.1) is 27.8 Å². The van der Waals surface area contributed by atoms with Gasteiger partial charge in [-0.25, -0.2) is 9.37 Å². The highest BCUT2D eigenvalue weighted by Gasteiger charge is 2.40. The van der Waals surface area contributed by atoms with Crippen LogP contribution in [0.4, 0.5) is 14.6 Å². The molecule has 4 aromatic rings. The number of nitrogens with one attached hydrogen (secondary N) is 1. The summed E-state index contributed by atoms with van der Waals surface area (Å²) in [6.45, 7) is 2.05. The topological polar surface area (TPSA) is 93.0 Å². The molecule has 0 spiro atoms. The number of hydrogen-bond acceptors (Lipinski definition) is 6. The number of rotatable bonds is 7. The van der Waals surface area contributed by atoms with Gasteiger partial charge < -0.3 is 15.4 Å². The SMILES string of the molecule is C[C@@H](Oc1ccc2[nH]nc(-c3cnc(N4CC(N)(CCF)C4)c(F)c3)c2c1)c1c(Cl)cncc1Cl. The number of halogens is 4. The minimum Gasteiger partial charge on any atom is -0.486 e. The highest BCUT2D eigenvalue weighted by molar-refractivity contribution is 6.35. The Morgan fingerprint density at radius 3 is 2.63 bits per heavy atom. The molecule has 35 heavy (non-hydrogen) atoms. The largest absolute Gasteiger partial charge is 0.486 e. The van der Waals surface area contributed by atoms with Crippen LogP contribution >= 0.6 is 23.2 Å². The average molecular weight is 519 g/mol. The van der Waals surface area contributed by atoms with Gasteiger partial charge in [0, 0.05) is 48.2 Å². The predicted molar refractivity (Wildman–Crippen MR) is 132 cm³/mol. The lowest BCUT2D eigenvalue weighted by Gasteiger charge is -2.48. The second kappa shape index (κ2) is 9.22. The van der Waals surface area contributed by atoms with Crippen LogP contribution in [0.2, 0.25) is 10.0 Å². The molecule has 0 aliphatic carbocycles. The number of ether oxygens (including phenoxy) is 1. The predicted octanol–water partition coefficient (Wildman–Crippen LogP) is 5.48. The van der Waals surface area contributed by atoms with E-state index in [1.54, 1.807) is 17.2 Å². The van der Waals surface area contributed by atoms with Crippen LogP contribution in [-0.4, -0.2) is 45.5 Å². The highest BCUT2D eigenvalue weighted by Crippen LogP contribution is 2.36. The maximum atomic E-state index is 15.0. The van der Waals surface area contributed by atoms with Gasteiger partial charge in [0.15, 0.2) is 11.6 Å². The van der Waals surface area contributed by atoms with Gasteiger partial charge in [0.25, 0.3) is 0 Å². The second-order valence-electron chi connectivity index (χ2n) is 8.74. The normalized spacial score (nSPS) is 15.8. The van der Waals surface area contributed by atoms with Crippen molar-refractivity contribution in [1.29, 1.82) is 0 Å². The summed E-state index contributed by atoms with van der Waals surface area (Å²) in [4.78, 5) is 9.98. The summed E-state index contributed by atoms with van der Waals surface area (Å²) in [5, 5.41) is 8.87. The number of fused-ring (bicyclic) bond motifs is 1. The molecule has 0 saturated carbocycles. The van der Waals surface area contributed by atoms with Gasteiger partial charge >= 0.3 is 0 Å². The van der Waals surface area contributed by atoms with E-state index in [9.17, 15) is 8.78 Å². The Bertz CT molecular complexity index is 1370. The molecule has 0 radical (unpaired) electrons. The number of hydrogen-bond donors (Lipinski definition) is 2. The molecule has 0 amide bonds. The van der Waals surface area contributed by atoms with Gasteiger partial charge in [-0.2, -0.15) is 5.10 Å². The summed E-state index contributed by atoms with van der Waals surface area (Å²) in [6.07, 6.45) is 4.39. The van der Waals surface area contributed by atoms with Crippen LogP contribution in [0.5, 0.6) is 5.75 Å². The number of nitrogens with zero attached hydrogens (tertiary/aromatic N) is 4. The van der Waals surface area contributed by atoms with Crippen LogP contribution in [0.3, 0.4) is 0 Å². The second-order valence-corrected chi connectivity index (χ2v) is 9.56. The number of aromatic amines is 1. The molecule has 4 heterocycles. The Morgan fingerprint density at radius 1 is 1.20 bits per heavy atom. The van der Waals surface area contributed by atoms with Crippen LogP contribution in [0, 0.1) is 5.82 Å². The molecule has 5 rings (SSSR count). The van der Waals surface area contributed by atoms with Crippen molar-refractivity contribution in [3.63, 3.8) is 0 Å². The number of H-pyrrole nitrogens is 1. The van der Waals surface area contributed by atoms with Crippen molar-refractivity contribution in [2.24, 2.45) is 5.73 Å². The van der Waals surface area contributed by atoms with Crippen molar-refractivity contribution in [2.75, 3.05) is 24.7 Å². The third-order valence-electron chi connectivity index (χ3n) is 6.14. The molecule has 182 valence electrons. The molecular formula is C24H22Cl2F2N6O. The summed E-state index contributed by atoms with van der Waals surface area (Å²) in [5.41, 5.74) is 7.88. The van der Waals surface area contributed by atoms with E-state index < -0.39 is 24.1 Å². The van der Waals surface area contributed by atoms with E-state index in [-0.39, 0.29) is 12.2 Å². The van der Waals surface area contributed by atoms with Crippen molar-refractivity contribution in [2.45, 2.75) is 25.0 Å². The summed E-state index contributed by atoms with van der Waals surface area (Å²) < 4.78 is 33.7. The minimum atomic E-state index is -0.641. The van der Waals surface area contributed by atoms with Crippen LogP contribution in [0.25, 0.3) is 22.2 Å². The Kier molecular flexibility index (Phi) is 6.25. The highest BCUT2D eigenvalue weighted by atomic mass is 35.5. The van der Waals surface area contributed by atoms with Crippen LogP contribution < -0.4 is 15.4 Å². The molecule has 7 nitrogen and oxygen atoms in total. The number of pyridine rings is 2. The summed E-state index contributed by atoms with van der Waals surface area (Å²) in [5.74, 6) is 0.260. The lowest BCUT2D eigenvalue weighted by molar-refractivity contribution is 0.227. The summed E-state index contributed by atoms with van der Waals surface area (Å²) in [6, 6.07) is 6.82. The van der Waals surface area contributed by atoms with Gasteiger partial charge in [0.2, 0.25) is 0 Å². The van der Waals surface area contributed by atoms with Gasteiger partial charge in [-0.1, -0.05) is 23.2 Å². The number of nitrogens with two attached hydrogens (primary N) is 1. The first-order chi connectivity index (χ1) is 16.8. The zero-order chi connectivity index (χ0) is 24.7. The maximum absolute atomic E-state index is 15.0. The van der Waals surface area contributed by atoms with Gasteiger partial charge in [-0.15, -0.1) is 0 Å². The van der Waals surface area contributed by atoms with Crippen molar-refractivity contribution < 1.29 is 13.5 Å². The number of alkyl halides is 1. The van der Waals surface area contributed by atoms with Crippen molar-refractivity contribution in [3.8, 4) is 17.0 Å². The van der Waals surface area contributed by atoms with E-state index in [2.05, 4.69) is 20.2 Å². The van der Waals surface area contributed by atoms with Crippen LogP contribution in [0.15, 0.2) is 42.9 Å². The number of aromatic nitrogens is 4. The van der Waals surface area contributed by atoms with Crippen LogP contribution in [-0.2, 0) is 0 Å².